The molecular formula is C15H24O3S. The van der Waals surface area contributed by atoms with E-state index in [1.165, 1.54) is 0 Å². The molecule has 1 rings (SSSR count). The van der Waals surface area contributed by atoms with Crippen LogP contribution in [-0.4, -0.2) is 15.0 Å². The van der Waals surface area contributed by atoms with Gasteiger partial charge in [0.25, 0.3) is 10.1 Å². The monoisotopic (exact) mass is 284 g/mol. The molecule has 0 aliphatic carbocycles. The Labute approximate surface area is 117 Å². The van der Waals surface area contributed by atoms with Gasteiger partial charge in [0, 0.05) is 0 Å². The molecule has 1 aromatic carbocycles. The van der Waals surface area contributed by atoms with Crippen LogP contribution < -0.4 is 0 Å². The van der Waals surface area contributed by atoms with E-state index in [-0.39, 0.29) is 22.3 Å². The Morgan fingerprint density at radius 3 is 1.89 bits per heavy atom. The normalized spacial score (nSPS) is 13.6. The lowest BCUT2D eigenvalue weighted by Crippen LogP contribution is -2.35. The zero-order valence-electron chi connectivity index (χ0n) is 12.6. The summed E-state index contributed by atoms with van der Waals surface area (Å²) in [4.78, 5) is 0.211. The van der Waals surface area contributed by atoms with Gasteiger partial charge in [-0.15, -0.1) is 0 Å². The van der Waals surface area contributed by atoms with Crippen LogP contribution in [0, 0.1) is 17.8 Å². The van der Waals surface area contributed by atoms with Crippen molar-refractivity contribution >= 4 is 10.1 Å². The fourth-order valence-corrected chi connectivity index (χ4v) is 2.27. The summed E-state index contributed by atoms with van der Waals surface area (Å²) in [5.74, 6) is 0. The Morgan fingerprint density at radius 1 is 1.00 bits per heavy atom. The third-order valence-electron chi connectivity index (χ3n) is 3.91. The summed E-state index contributed by atoms with van der Waals surface area (Å²) < 4.78 is 29.4. The topological polar surface area (TPSA) is 43.4 Å². The summed E-state index contributed by atoms with van der Waals surface area (Å²) in [5, 5.41) is 0. The molecule has 19 heavy (non-hydrogen) atoms. The molecule has 0 aliphatic rings. The molecule has 108 valence electrons. The van der Waals surface area contributed by atoms with E-state index < -0.39 is 10.1 Å². The van der Waals surface area contributed by atoms with Crippen molar-refractivity contribution < 1.29 is 12.6 Å². The highest BCUT2D eigenvalue weighted by molar-refractivity contribution is 7.86. The molecule has 0 amide bonds. The van der Waals surface area contributed by atoms with E-state index in [0.717, 1.165) is 5.56 Å². The van der Waals surface area contributed by atoms with Crippen molar-refractivity contribution in [2.45, 2.75) is 46.4 Å². The second-order valence-electron chi connectivity index (χ2n) is 6.66. The number of hydrogen-bond donors (Lipinski definition) is 0. The molecule has 0 saturated heterocycles. The minimum absolute atomic E-state index is 0.0319. The maximum absolute atomic E-state index is 12.1. The molecule has 0 atom stereocenters. The lowest BCUT2D eigenvalue weighted by Gasteiger charge is -2.38. The first-order chi connectivity index (χ1) is 8.46. The number of rotatable bonds is 4. The van der Waals surface area contributed by atoms with Crippen LogP contribution in [0.2, 0.25) is 0 Å². The van der Waals surface area contributed by atoms with E-state index in [2.05, 4.69) is 20.8 Å². The van der Waals surface area contributed by atoms with Crippen LogP contribution in [0.1, 0.15) is 40.2 Å². The number of hydrogen-bond acceptors (Lipinski definition) is 3. The summed E-state index contributed by atoms with van der Waals surface area (Å²) in [6.07, 6.45) is 0. The van der Waals surface area contributed by atoms with Crippen LogP contribution in [0.15, 0.2) is 29.2 Å². The Morgan fingerprint density at radius 2 is 1.47 bits per heavy atom. The Balaban J connectivity index is 2.85. The molecule has 1 aromatic rings. The molecule has 0 N–H and O–H groups in total. The van der Waals surface area contributed by atoms with Crippen molar-refractivity contribution in [1.82, 2.24) is 0 Å². The van der Waals surface area contributed by atoms with Crippen LogP contribution in [-0.2, 0) is 14.3 Å². The molecule has 0 spiro atoms. The van der Waals surface area contributed by atoms with Crippen LogP contribution in [0.3, 0.4) is 0 Å². The van der Waals surface area contributed by atoms with Gasteiger partial charge in [0.2, 0.25) is 0 Å². The van der Waals surface area contributed by atoms with Gasteiger partial charge >= 0.3 is 0 Å². The van der Waals surface area contributed by atoms with Crippen molar-refractivity contribution in [2.24, 2.45) is 10.8 Å². The molecule has 0 heterocycles. The number of aryl methyl sites for hydroxylation is 1. The minimum atomic E-state index is -3.67. The first-order valence-electron chi connectivity index (χ1n) is 6.42. The van der Waals surface area contributed by atoms with E-state index in [1.54, 1.807) is 24.3 Å². The summed E-state index contributed by atoms with van der Waals surface area (Å²) in [6.45, 7) is 12.3. The summed E-state index contributed by atoms with van der Waals surface area (Å²) in [5.41, 5.74) is 0.759. The van der Waals surface area contributed by atoms with Gasteiger partial charge in [-0.3, -0.25) is 4.18 Å². The highest BCUT2D eigenvalue weighted by atomic mass is 32.2. The smallest absolute Gasteiger partial charge is 0.266 e. The van der Waals surface area contributed by atoms with Crippen molar-refractivity contribution in [3.63, 3.8) is 0 Å². The quantitative estimate of drug-likeness (QED) is 0.790. The van der Waals surface area contributed by atoms with Crippen molar-refractivity contribution in [3.05, 3.63) is 29.8 Å². The van der Waals surface area contributed by atoms with Gasteiger partial charge in [0.15, 0.2) is 0 Å². The van der Waals surface area contributed by atoms with Gasteiger partial charge in [-0.25, -0.2) is 0 Å². The SMILES string of the molecule is Cc1ccc(S(=O)(=O)OCC(C)(C)C(C)(C)C)cc1. The second-order valence-corrected chi connectivity index (χ2v) is 8.28. The average Bonchev–Trinajstić information content (AvgIpc) is 2.26. The predicted octanol–water partition coefficient (Wildman–Crippen LogP) is 3.77. The highest BCUT2D eigenvalue weighted by Crippen LogP contribution is 2.38. The van der Waals surface area contributed by atoms with Crippen molar-refractivity contribution in [1.29, 1.82) is 0 Å². The Kier molecular flexibility index (Phi) is 4.47. The third kappa shape index (κ3) is 4.05. The number of benzene rings is 1. The van der Waals surface area contributed by atoms with Crippen LogP contribution in [0.25, 0.3) is 0 Å². The van der Waals surface area contributed by atoms with Gasteiger partial charge < -0.3 is 0 Å². The van der Waals surface area contributed by atoms with E-state index in [0.29, 0.717) is 0 Å². The van der Waals surface area contributed by atoms with Crippen LogP contribution >= 0.6 is 0 Å². The molecule has 0 saturated carbocycles. The standard InChI is InChI=1S/C15H24O3S/c1-12-7-9-13(10-8-12)19(16,17)18-11-15(5,6)14(2,3)4/h7-10H,11H2,1-6H3. The first-order valence-corrected chi connectivity index (χ1v) is 7.83. The fraction of sp³-hybridized carbons (Fsp3) is 0.600. The molecule has 0 aromatic heterocycles. The van der Waals surface area contributed by atoms with E-state index in [9.17, 15) is 8.42 Å². The highest BCUT2D eigenvalue weighted by Gasteiger charge is 2.34. The predicted molar refractivity (Wildman–Crippen MR) is 77.6 cm³/mol. The van der Waals surface area contributed by atoms with E-state index in [1.807, 2.05) is 20.8 Å². The molecule has 0 aliphatic heterocycles. The average molecular weight is 284 g/mol. The minimum Gasteiger partial charge on any atom is -0.266 e. The molecule has 0 fully saturated rings. The van der Waals surface area contributed by atoms with Crippen molar-refractivity contribution in [2.75, 3.05) is 6.61 Å². The molecule has 0 unspecified atom stereocenters. The maximum atomic E-state index is 12.1. The zero-order valence-corrected chi connectivity index (χ0v) is 13.5. The Hall–Kier alpha value is -0.870. The first kappa shape index (κ1) is 16.2. The summed E-state index contributed by atoms with van der Waals surface area (Å²) in [7, 11) is -3.67. The van der Waals surface area contributed by atoms with Gasteiger partial charge in [-0.1, -0.05) is 52.3 Å². The molecule has 4 heteroatoms. The molecule has 3 nitrogen and oxygen atoms in total. The zero-order chi connectivity index (χ0) is 14.9. The van der Waals surface area contributed by atoms with Gasteiger partial charge in [-0.05, 0) is 29.9 Å². The Bertz CT molecular complexity index is 520. The maximum Gasteiger partial charge on any atom is 0.296 e. The lowest BCUT2D eigenvalue weighted by atomic mass is 9.70. The van der Waals surface area contributed by atoms with Gasteiger partial charge in [-0.2, -0.15) is 8.42 Å². The van der Waals surface area contributed by atoms with E-state index in [4.69, 9.17) is 4.18 Å². The summed E-state index contributed by atoms with van der Waals surface area (Å²) >= 11 is 0. The fourth-order valence-electron chi connectivity index (χ4n) is 1.21. The lowest BCUT2D eigenvalue weighted by molar-refractivity contribution is 0.0658. The van der Waals surface area contributed by atoms with Gasteiger partial charge in [0.1, 0.15) is 0 Å². The largest absolute Gasteiger partial charge is 0.296 e. The van der Waals surface area contributed by atoms with Gasteiger partial charge in [0.05, 0.1) is 11.5 Å². The molecule has 0 bridgehead atoms. The molecule has 0 radical (unpaired) electrons. The van der Waals surface area contributed by atoms with E-state index >= 15 is 0 Å². The second kappa shape index (κ2) is 5.25. The molecular weight excluding hydrogens is 260 g/mol. The third-order valence-corrected chi connectivity index (χ3v) is 5.19. The summed E-state index contributed by atoms with van der Waals surface area (Å²) in [6, 6.07) is 6.69. The van der Waals surface area contributed by atoms with Crippen LogP contribution in [0.5, 0.6) is 0 Å². The van der Waals surface area contributed by atoms with Crippen molar-refractivity contribution in [3.8, 4) is 0 Å². The van der Waals surface area contributed by atoms with Crippen LogP contribution in [0.4, 0.5) is 0 Å².